The molecule has 7 nitrogen and oxygen atoms in total. The summed E-state index contributed by atoms with van der Waals surface area (Å²) in [6, 6.07) is 5.95. The summed E-state index contributed by atoms with van der Waals surface area (Å²) in [5.74, 6) is -0.928. The minimum absolute atomic E-state index is 0.0686. The second kappa shape index (κ2) is 7.37. The minimum Gasteiger partial charge on any atom is -0.354 e. The molecule has 0 saturated heterocycles. The maximum Gasteiger partial charge on any atom is 0.270 e. The van der Waals surface area contributed by atoms with Gasteiger partial charge in [-0.2, -0.15) is 0 Å². The molecule has 134 valence electrons. The highest BCUT2D eigenvalue weighted by molar-refractivity contribution is 7.89. The molecule has 0 aromatic heterocycles. The van der Waals surface area contributed by atoms with Gasteiger partial charge in [-0.05, 0) is 44.2 Å². The van der Waals surface area contributed by atoms with E-state index in [1.165, 1.54) is 30.5 Å². The van der Waals surface area contributed by atoms with E-state index in [4.69, 9.17) is 0 Å². The number of nitrogens with one attached hydrogen (secondary N) is 2. The van der Waals surface area contributed by atoms with E-state index >= 15 is 0 Å². The van der Waals surface area contributed by atoms with Crippen molar-refractivity contribution in [2.45, 2.75) is 37.0 Å². The van der Waals surface area contributed by atoms with Crippen LogP contribution in [0.15, 0.2) is 40.8 Å². The van der Waals surface area contributed by atoms with Crippen molar-refractivity contribution >= 4 is 21.8 Å². The Labute approximate surface area is 147 Å². The smallest absolute Gasteiger partial charge is 0.270 e. The Balaban J connectivity index is 1.58. The number of amides is 2. The summed E-state index contributed by atoms with van der Waals surface area (Å²) >= 11 is 0. The first-order chi connectivity index (χ1) is 12.0. The zero-order valence-electron chi connectivity index (χ0n) is 13.8. The van der Waals surface area contributed by atoms with Crippen molar-refractivity contribution in [2.75, 3.05) is 13.1 Å². The van der Waals surface area contributed by atoms with Gasteiger partial charge in [0.25, 0.3) is 15.9 Å². The molecule has 0 unspecified atom stereocenters. The van der Waals surface area contributed by atoms with Crippen LogP contribution in [0.25, 0.3) is 0 Å². The Morgan fingerprint density at radius 3 is 2.80 bits per heavy atom. The average Bonchev–Trinajstić information content (AvgIpc) is 2.60. The lowest BCUT2D eigenvalue weighted by atomic mass is 9.97. The molecular formula is C17H21N3O4S. The molecule has 1 heterocycles. The van der Waals surface area contributed by atoms with Crippen LogP contribution >= 0.6 is 0 Å². The van der Waals surface area contributed by atoms with Gasteiger partial charge in [0.05, 0.1) is 10.5 Å². The summed E-state index contributed by atoms with van der Waals surface area (Å²) in [5.41, 5.74) is 1.41. The lowest BCUT2D eigenvalue weighted by molar-refractivity contribution is -0.122. The molecule has 2 amide bonds. The molecule has 2 aliphatic rings. The predicted molar refractivity (Wildman–Crippen MR) is 92.0 cm³/mol. The summed E-state index contributed by atoms with van der Waals surface area (Å²) in [7, 11) is -3.84. The Hall–Kier alpha value is -2.19. The van der Waals surface area contributed by atoms with Crippen LogP contribution < -0.4 is 10.1 Å². The second-order valence-electron chi connectivity index (χ2n) is 6.19. The van der Waals surface area contributed by atoms with E-state index in [0.29, 0.717) is 6.54 Å². The van der Waals surface area contributed by atoms with Crippen LogP contribution in [0.3, 0.4) is 0 Å². The summed E-state index contributed by atoms with van der Waals surface area (Å²) in [4.78, 5) is 26.5. The minimum atomic E-state index is -3.84. The van der Waals surface area contributed by atoms with Gasteiger partial charge in [-0.25, -0.2) is 8.42 Å². The molecule has 1 aromatic carbocycles. The van der Waals surface area contributed by atoms with Crippen molar-refractivity contribution in [3.63, 3.8) is 0 Å². The van der Waals surface area contributed by atoms with Gasteiger partial charge < -0.3 is 5.32 Å². The van der Waals surface area contributed by atoms with Crippen molar-refractivity contribution in [1.82, 2.24) is 15.2 Å². The number of sulfonamides is 1. The third-order valence-corrected chi connectivity index (χ3v) is 5.73. The van der Waals surface area contributed by atoms with Crippen LogP contribution in [-0.2, 0) is 14.8 Å². The van der Waals surface area contributed by atoms with Gasteiger partial charge >= 0.3 is 0 Å². The Kier molecular flexibility index (Phi) is 5.19. The maximum absolute atomic E-state index is 12.4. The zero-order valence-corrected chi connectivity index (χ0v) is 14.6. The van der Waals surface area contributed by atoms with Crippen LogP contribution in [-0.4, -0.2) is 38.3 Å². The van der Waals surface area contributed by atoms with Gasteiger partial charge in [0.1, 0.15) is 6.54 Å². The molecule has 0 radical (unpaired) electrons. The van der Waals surface area contributed by atoms with E-state index in [9.17, 15) is 18.0 Å². The molecule has 0 bridgehead atoms. The first-order valence-electron chi connectivity index (χ1n) is 8.35. The fraction of sp³-hybridized carbons (Fsp3) is 0.412. The number of benzene rings is 1. The number of carbonyl (C=O) groups is 2. The number of fused-ring (bicyclic) bond motifs is 1. The van der Waals surface area contributed by atoms with Crippen molar-refractivity contribution in [3.05, 3.63) is 41.5 Å². The average molecular weight is 363 g/mol. The van der Waals surface area contributed by atoms with Crippen molar-refractivity contribution in [2.24, 2.45) is 0 Å². The van der Waals surface area contributed by atoms with Crippen LogP contribution in [0.2, 0.25) is 0 Å². The lowest BCUT2D eigenvalue weighted by Gasteiger charge is -2.28. The van der Waals surface area contributed by atoms with Crippen molar-refractivity contribution in [3.8, 4) is 0 Å². The number of nitrogens with zero attached hydrogens (tertiary/aromatic N) is 1. The van der Waals surface area contributed by atoms with Crippen molar-refractivity contribution < 1.29 is 18.0 Å². The molecule has 3 rings (SSSR count). The highest BCUT2D eigenvalue weighted by Crippen LogP contribution is 2.22. The van der Waals surface area contributed by atoms with Crippen molar-refractivity contribution in [1.29, 1.82) is 0 Å². The Morgan fingerprint density at radius 1 is 1.24 bits per heavy atom. The second-order valence-corrected chi connectivity index (χ2v) is 7.82. The highest BCUT2D eigenvalue weighted by Gasteiger charge is 2.34. The Bertz CT molecular complexity index is 817. The number of rotatable bonds is 5. The topological polar surface area (TPSA) is 95.6 Å². The largest absolute Gasteiger partial charge is 0.354 e. The summed E-state index contributed by atoms with van der Waals surface area (Å²) < 4.78 is 24.4. The highest BCUT2D eigenvalue weighted by atomic mass is 32.2. The van der Waals surface area contributed by atoms with Gasteiger partial charge in [0.15, 0.2) is 0 Å². The molecule has 25 heavy (non-hydrogen) atoms. The quantitative estimate of drug-likeness (QED) is 0.772. The molecule has 1 aliphatic heterocycles. The molecule has 8 heteroatoms. The van der Waals surface area contributed by atoms with Gasteiger partial charge in [-0.1, -0.05) is 23.8 Å². The van der Waals surface area contributed by atoms with E-state index in [-0.39, 0.29) is 17.0 Å². The molecule has 0 fully saturated rings. The molecule has 0 spiro atoms. The number of hydrazine groups is 1. The standard InChI is InChI=1S/C17H21N3O4S/c21-16(18-11-10-13-6-2-1-3-7-13)12-20-17(22)14-8-4-5-9-15(14)25(23,24)19-20/h4-6,8-9,19H,1-3,7,10-12H2,(H,18,21). The SMILES string of the molecule is O=C(CN1NS(=O)(=O)c2ccccc2C1=O)NCCC1=CCCCC1. The Morgan fingerprint density at radius 2 is 2.04 bits per heavy atom. The first-order valence-corrected chi connectivity index (χ1v) is 9.83. The third-order valence-electron chi connectivity index (χ3n) is 4.34. The number of hydrogen-bond donors (Lipinski definition) is 2. The van der Waals surface area contributed by atoms with Crippen LogP contribution in [0, 0.1) is 0 Å². The molecule has 2 N–H and O–H groups in total. The van der Waals surface area contributed by atoms with Crippen LogP contribution in [0.4, 0.5) is 0 Å². The van der Waals surface area contributed by atoms with E-state index in [1.54, 1.807) is 12.1 Å². The van der Waals surface area contributed by atoms with Crippen LogP contribution in [0.1, 0.15) is 42.5 Å². The van der Waals surface area contributed by atoms with Gasteiger partial charge in [0, 0.05) is 6.54 Å². The fourth-order valence-corrected chi connectivity index (χ4v) is 4.30. The zero-order chi connectivity index (χ0) is 17.9. The number of carbonyl (C=O) groups excluding carboxylic acids is 2. The summed E-state index contributed by atoms with van der Waals surface area (Å²) in [5, 5.41) is 3.58. The molecule has 0 atom stereocenters. The van der Waals surface area contributed by atoms with Crippen LogP contribution in [0.5, 0.6) is 0 Å². The molecule has 0 saturated carbocycles. The first kappa shape index (κ1) is 17.6. The van der Waals surface area contributed by atoms with Gasteiger partial charge in [-0.15, -0.1) is 4.83 Å². The summed E-state index contributed by atoms with van der Waals surface area (Å²) in [6.07, 6.45) is 7.56. The third kappa shape index (κ3) is 4.08. The van der Waals surface area contributed by atoms with E-state index in [2.05, 4.69) is 16.2 Å². The summed E-state index contributed by atoms with van der Waals surface area (Å²) in [6.45, 7) is 0.126. The van der Waals surface area contributed by atoms with Gasteiger partial charge in [-0.3, -0.25) is 14.6 Å². The normalized spacial score (nSPS) is 19.1. The number of allylic oxidation sites excluding steroid dienone is 1. The van der Waals surface area contributed by atoms with E-state index in [1.807, 2.05) is 0 Å². The number of hydrogen-bond acceptors (Lipinski definition) is 4. The predicted octanol–water partition coefficient (Wildman–Crippen LogP) is 1.34. The molecule has 1 aliphatic carbocycles. The fourth-order valence-electron chi connectivity index (χ4n) is 3.06. The lowest BCUT2D eigenvalue weighted by Crippen LogP contribution is -2.53. The van der Waals surface area contributed by atoms with E-state index < -0.39 is 21.8 Å². The molecule has 1 aromatic rings. The molecular weight excluding hydrogens is 342 g/mol. The van der Waals surface area contributed by atoms with E-state index in [0.717, 1.165) is 24.3 Å². The monoisotopic (exact) mass is 363 g/mol. The van der Waals surface area contributed by atoms with Gasteiger partial charge in [0.2, 0.25) is 5.91 Å². The maximum atomic E-state index is 12.4.